The van der Waals surface area contributed by atoms with Gasteiger partial charge in [-0.05, 0) is 31.0 Å². The Kier molecular flexibility index (Phi) is 5.37. The van der Waals surface area contributed by atoms with Crippen LogP contribution in [0.15, 0.2) is 18.2 Å². The van der Waals surface area contributed by atoms with Crippen LogP contribution < -0.4 is 5.32 Å². The van der Waals surface area contributed by atoms with Gasteiger partial charge < -0.3 is 10.2 Å². The minimum Gasteiger partial charge on any atom is -0.381 e. The summed E-state index contributed by atoms with van der Waals surface area (Å²) < 4.78 is 35.5. The van der Waals surface area contributed by atoms with E-state index in [9.17, 15) is 12.8 Å². The number of hydrogen-bond acceptors (Lipinski definition) is 5. The molecular formula is C15H20FN3O2S. The smallest absolute Gasteiger partial charge is 0.148 e. The minimum absolute atomic E-state index is 0.182. The summed E-state index contributed by atoms with van der Waals surface area (Å²) in [5.41, 5.74) is 0.956. The molecule has 1 heterocycles. The molecule has 0 radical (unpaired) electrons. The van der Waals surface area contributed by atoms with E-state index in [1.165, 1.54) is 18.4 Å². The Hall–Kier alpha value is -1.65. The Labute approximate surface area is 130 Å². The summed E-state index contributed by atoms with van der Waals surface area (Å²) in [5.74, 6) is -0.237. The molecule has 2 rings (SSSR count). The fourth-order valence-electron chi connectivity index (χ4n) is 2.55. The molecule has 1 saturated heterocycles. The van der Waals surface area contributed by atoms with Crippen LogP contribution in [0.4, 0.5) is 10.1 Å². The largest absolute Gasteiger partial charge is 0.381 e. The van der Waals surface area contributed by atoms with E-state index in [-0.39, 0.29) is 11.8 Å². The van der Waals surface area contributed by atoms with Crippen molar-refractivity contribution in [1.82, 2.24) is 4.90 Å². The molecule has 1 aliphatic heterocycles. The van der Waals surface area contributed by atoms with Gasteiger partial charge in [-0.1, -0.05) is 0 Å². The van der Waals surface area contributed by atoms with Crippen LogP contribution >= 0.6 is 0 Å². The predicted molar refractivity (Wildman–Crippen MR) is 83.9 cm³/mol. The van der Waals surface area contributed by atoms with Gasteiger partial charge in [0.1, 0.15) is 21.7 Å². The molecule has 5 nitrogen and oxygen atoms in total. The van der Waals surface area contributed by atoms with E-state index in [1.807, 2.05) is 6.07 Å². The van der Waals surface area contributed by atoms with E-state index in [4.69, 9.17) is 5.26 Å². The average Bonchev–Trinajstić information content (AvgIpc) is 2.47. The molecule has 1 aliphatic rings. The highest BCUT2D eigenvalue weighted by molar-refractivity contribution is 7.90. The first-order valence-electron chi connectivity index (χ1n) is 7.23. The van der Waals surface area contributed by atoms with Crippen molar-refractivity contribution in [2.45, 2.75) is 18.9 Å². The van der Waals surface area contributed by atoms with Gasteiger partial charge >= 0.3 is 0 Å². The number of hydrogen-bond donors (Lipinski definition) is 1. The molecular weight excluding hydrogens is 305 g/mol. The predicted octanol–water partition coefficient (Wildman–Crippen LogP) is 1.62. The number of nitrogens with zero attached hydrogens (tertiary/aromatic N) is 2. The van der Waals surface area contributed by atoms with Gasteiger partial charge in [0.05, 0.1) is 17.0 Å². The number of nitrogens with one attached hydrogen (secondary N) is 1. The first-order valence-corrected chi connectivity index (χ1v) is 9.30. The SMILES string of the molecule is CS(=O)(=O)CCN1CCC(Nc2ccc(F)cc2C#N)CC1. The molecule has 0 bridgehead atoms. The molecule has 0 amide bonds. The lowest BCUT2D eigenvalue weighted by Gasteiger charge is -2.32. The van der Waals surface area contributed by atoms with Crippen LogP contribution in [0.25, 0.3) is 0 Å². The van der Waals surface area contributed by atoms with Crippen LogP contribution in [-0.4, -0.2) is 51.0 Å². The summed E-state index contributed by atoms with van der Waals surface area (Å²) in [6, 6.07) is 6.36. The Balaban J connectivity index is 1.87. The number of halogens is 1. The lowest BCUT2D eigenvalue weighted by Crippen LogP contribution is -2.41. The fraction of sp³-hybridized carbons (Fsp3) is 0.533. The van der Waals surface area contributed by atoms with E-state index in [0.29, 0.717) is 17.8 Å². The third-order valence-electron chi connectivity index (χ3n) is 3.83. The summed E-state index contributed by atoms with van der Waals surface area (Å²) >= 11 is 0. The molecule has 0 unspecified atom stereocenters. The van der Waals surface area contributed by atoms with Gasteiger partial charge in [-0.25, -0.2) is 12.8 Å². The number of nitriles is 1. The second kappa shape index (κ2) is 7.07. The molecule has 0 atom stereocenters. The molecule has 0 saturated carbocycles. The first-order chi connectivity index (χ1) is 10.4. The molecule has 22 heavy (non-hydrogen) atoms. The number of rotatable bonds is 5. The Morgan fingerprint density at radius 3 is 2.68 bits per heavy atom. The number of benzene rings is 1. The highest BCUT2D eigenvalue weighted by Crippen LogP contribution is 2.20. The van der Waals surface area contributed by atoms with Gasteiger partial charge in [0.15, 0.2) is 0 Å². The maximum Gasteiger partial charge on any atom is 0.148 e. The number of likely N-dealkylation sites (tertiary alicyclic amines) is 1. The van der Waals surface area contributed by atoms with Crippen molar-refractivity contribution in [2.75, 3.05) is 37.0 Å². The zero-order chi connectivity index (χ0) is 16.2. The summed E-state index contributed by atoms with van der Waals surface area (Å²) in [6.07, 6.45) is 2.98. The summed E-state index contributed by atoms with van der Waals surface area (Å²) in [4.78, 5) is 2.13. The van der Waals surface area contributed by atoms with Gasteiger partial charge in [0, 0.05) is 31.9 Å². The van der Waals surface area contributed by atoms with E-state index in [2.05, 4.69) is 10.2 Å². The molecule has 1 N–H and O–H groups in total. The number of piperidine rings is 1. The minimum atomic E-state index is -2.93. The molecule has 1 aromatic rings. The zero-order valence-corrected chi connectivity index (χ0v) is 13.4. The zero-order valence-electron chi connectivity index (χ0n) is 12.5. The van der Waals surface area contributed by atoms with E-state index < -0.39 is 15.7 Å². The topological polar surface area (TPSA) is 73.2 Å². The summed E-state index contributed by atoms with van der Waals surface area (Å²) in [6.45, 7) is 2.19. The molecule has 0 aromatic heterocycles. The van der Waals surface area contributed by atoms with Crippen LogP contribution in [0.5, 0.6) is 0 Å². The van der Waals surface area contributed by atoms with Gasteiger partial charge in [0.25, 0.3) is 0 Å². The number of anilines is 1. The molecule has 7 heteroatoms. The third-order valence-corrected chi connectivity index (χ3v) is 4.75. The molecule has 0 spiro atoms. The van der Waals surface area contributed by atoms with Crippen LogP contribution in [0, 0.1) is 17.1 Å². The monoisotopic (exact) mass is 325 g/mol. The normalized spacial score (nSPS) is 17.1. The van der Waals surface area contributed by atoms with Crippen molar-refractivity contribution in [2.24, 2.45) is 0 Å². The lowest BCUT2D eigenvalue weighted by atomic mass is 10.0. The van der Waals surface area contributed by atoms with Crippen molar-refractivity contribution >= 4 is 15.5 Å². The van der Waals surface area contributed by atoms with Gasteiger partial charge in [-0.2, -0.15) is 5.26 Å². The van der Waals surface area contributed by atoms with Crippen LogP contribution in [0.2, 0.25) is 0 Å². The second-order valence-corrected chi connectivity index (χ2v) is 7.95. The van der Waals surface area contributed by atoms with Gasteiger partial charge in [-0.15, -0.1) is 0 Å². The Morgan fingerprint density at radius 2 is 2.09 bits per heavy atom. The van der Waals surface area contributed by atoms with Gasteiger partial charge in [0.2, 0.25) is 0 Å². The maximum absolute atomic E-state index is 13.1. The average molecular weight is 325 g/mol. The van der Waals surface area contributed by atoms with Crippen molar-refractivity contribution in [1.29, 1.82) is 5.26 Å². The Bertz CT molecular complexity index is 662. The van der Waals surface area contributed by atoms with E-state index in [1.54, 1.807) is 6.07 Å². The van der Waals surface area contributed by atoms with Crippen molar-refractivity contribution in [3.63, 3.8) is 0 Å². The van der Waals surface area contributed by atoms with E-state index in [0.717, 1.165) is 25.9 Å². The standard InChI is InChI=1S/C15H20FN3O2S/c1-22(20,21)9-8-19-6-4-14(5-7-19)18-15-3-2-13(16)10-12(15)11-17/h2-3,10,14,18H,4-9H2,1H3. The van der Waals surface area contributed by atoms with E-state index >= 15 is 0 Å². The summed E-state index contributed by atoms with van der Waals surface area (Å²) in [7, 11) is -2.93. The van der Waals surface area contributed by atoms with Crippen molar-refractivity contribution < 1.29 is 12.8 Å². The van der Waals surface area contributed by atoms with Gasteiger partial charge in [-0.3, -0.25) is 0 Å². The van der Waals surface area contributed by atoms with Crippen molar-refractivity contribution in [3.05, 3.63) is 29.6 Å². The maximum atomic E-state index is 13.1. The summed E-state index contributed by atoms with van der Waals surface area (Å²) in [5, 5.41) is 12.3. The quantitative estimate of drug-likeness (QED) is 0.890. The van der Waals surface area contributed by atoms with Crippen LogP contribution in [0.1, 0.15) is 18.4 Å². The highest BCUT2D eigenvalue weighted by atomic mass is 32.2. The number of sulfone groups is 1. The van der Waals surface area contributed by atoms with Crippen LogP contribution in [0.3, 0.4) is 0 Å². The highest BCUT2D eigenvalue weighted by Gasteiger charge is 2.20. The molecule has 1 fully saturated rings. The Morgan fingerprint density at radius 1 is 1.41 bits per heavy atom. The first kappa shape index (κ1) is 16.7. The van der Waals surface area contributed by atoms with Crippen LogP contribution in [-0.2, 0) is 9.84 Å². The molecule has 1 aromatic carbocycles. The van der Waals surface area contributed by atoms with Crippen molar-refractivity contribution in [3.8, 4) is 6.07 Å². The lowest BCUT2D eigenvalue weighted by molar-refractivity contribution is 0.230. The second-order valence-electron chi connectivity index (χ2n) is 5.69. The molecule has 120 valence electrons. The molecule has 0 aliphatic carbocycles. The third kappa shape index (κ3) is 4.97. The fourth-order valence-corrected chi connectivity index (χ4v) is 3.14.